The molecule has 0 atom stereocenters. The summed E-state index contributed by atoms with van der Waals surface area (Å²) >= 11 is 1.48. The quantitative estimate of drug-likeness (QED) is 0.628. The van der Waals surface area contributed by atoms with Crippen molar-refractivity contribution in [2.75, 3.05) is 25.5 Å². The zero-order chi connectivity index (χ0) is 19.2. The molecular formula is C20H28N2O4S. The smallest absolute Gasteiger partial charge is 0.341 e. The van der Waals surface area contributed by atoms with Gasteiger partial charge < -0.3 is 15.0 Å². The van der Waals surface area contributed by atoms with E-state index in [1.807, 2.05) is 0 Å². The number of carbonyl (C=O) groups is 3. The van der Waals surface area contributed by atoms with Gasteiger partial charge in [0.15, 0.2) is 0 Å². The summed E-state index contributed by atoms with van der Waals surface area (Å²) in [6.45, 7) is 0.666. The number of rotatable bonds is 4. The van der Waals surface area contributed by atoms with Crippen LogP contribution in [0.5, 0.6) is 0 Å². The Bertz CT molecular complexity index is 713. The Morgan fingerprint density at radius 3 is 2.56 bits per heavy atom. The van der Waals surface area contributed by atoms with Gasteiger partial charge in [0, 0.05) is 17.8 Å². The molecule has 0 saturated carbocycles. The number of nitrogens with one attached hydrogen (secondary N) is 1. The molecule has 0 bridgehead atoms. The Morgan fingerprint density at radius 2 is 1.74 bits per heavy atom. The van der Waals surface area contributed by atoms with Gasteiger partial charge in [-0.05, 0) is 44.1 Å². The molecule has 0 spiro atoms. The molecule has 1 fully saturated rings. The van der Waals surface area contributed by atoms with Crippen LogP contribution in [0.15, 0.2) is 0 Å². The molecule has 1 aliphatic carbocycles. The molecule has 2 heterocycles. The van der Waals surface area contributed by atoms with E-state index in [2.05, 4.69) is 5.32 Å². The van der Waals surface area contributed by atoms with Crippen LogP contribution >= 0.6 is 11.3 Å². The second-order valence-electron chi connectivity index (χ2n) is 7.29. The molecule has 1 aliphatic heterocycles. The van der Waals surface area contributed by atoms with Gasteiger partial charge in [0.05, 0.1) is 19.2 Å². The van der Waals surface area contributed by atoms with Gasteiger partial charge in [-0.15, -0.1) is 11.3 Å². The minimum atomic E-state index is -0.396. The number of esters is 1. The van der Waals surface area contributed by atoms with Crippen molar-refractivity contribution in [1.29, 1.82) is 0 Å². The summed E-state index contributed by atoms with van der Waals surface area (Å²) in [7, 11) is 1.37. The Hall–Kier alpha value is -1.89. The van der Waals surface area contributed by atoms with Gasteiger partial charge in [0.2, 0.25) is 11.8 Å². The van der Waals surface area contributed by atoms with Gasteiger partial charge in [-0.1, -0.05) is 19.3 Å². The first kappa shape index (κ1) is 19.9. The molecule has 2 amide bonds. The van der Waals surface area contributed by atoms with Crippen LogP contribution in [0.2, 0.25) is 0 Å². The third-order valence-corrected chi connectivity index (χ3v) is 6.53. The first-order valence-electron chi connectivity index (χ1n) is 9.90. The number of hydrogen-bond acceptors (Lipinski definition) is 5. The van der Waals surface area contributed by atoms with Gasteiger partial charge in [-0.3, -0.25) is 9.59 Å². The number of carbonyl (C=O) groups excluding carboxylic acids is 3. The SMILES string of the molecule is COC(=O)c1c(NC(=O)CN2CCCCCCC2=O)sc2c1CCCCC2. The molecule has 27 heavy (non-hydrogen) atoms. The summed E-state index contributed by atoms with van der Waals surface area (Å²) in [5.41, 5.74) is 1.54. The summed E-state index contributed by atoms with van der Waals surface area (Å²) < 4.78 is 4.97. The number of aryl methyl sites for hydroxylation is 1. The van der Waals surface area contributed by atoms with Crippen LogP contribution in [-0.4, -0.2) is 42.9 Å². The minimum absolute atomic E-state index is 0.0417. The van der Waals surface area contributed by atoms with Crippen molar-refractivity contribution in [2.45, 2.75) is 64.2 Å². The van der Waals surface area contributed by atoms with Crippen molar-refractivity contribution < 1.29 is 19.1 Å². The second-order valence-corrected chi connectivity index (χ2v) is 8.39. The normalized spacial score (nSPS) is 18.1. The zero-order valence-corrected chi connectivity index (χ0v) is 16.8. The van der Waals surface area contributed by atoms with Crippen molar-refractivity contribution >= 4 is 34.1 Å². The number of hydrogen-bond donors (Lipinski definition) is 1. The van der Waals surface area contributed by atoms with Gasteiger partial charge in [-0.25, -0.2) is 4.79 Å². The molecule has 1 aromatic rings. The van der Waals surface area contributed by atoms with Crippen molar-refractivity contribution in [3.05, 3.63) is 16.0 Å². The van der Waals surface area contributed by atoms with Crippen LogP contribution < -0.4 is 5.32 Å². The summed E-state index contributed by atoms with van der Waals surface area (Å²) in [6.07, 6.45) is 9.58. The fraction of sp³-hybridized carbons (Fsp3) is 0.650. The number of methoxy groups -OCH3 is 1. The van der Waals surface area contributed by atoms with Crippen LogP contribution in [0.25, 0.3) is 0 Å². The minimum Gasteiger partial charge on any atom is -0.465 e. The second kappa shape index (κ2) is 9.35. The number of likely N-dealkylation sites (tertiary alicyclic amines) is 1. The van der Waals surface area contributed by atoms with Crippen LogP contribution in [0.4, 0.5) is 5.00 Å². The van der Waals surface area contributed by atoms with E-state index in [1.165, 1.54) is 23.3 Å². The van der Waals surface area contributed by atoms with Crippen molar-refractivity contribution in [3.63, 3.8) is 0 Å². The number of thiophene rings is 1. The molecule has 0 aromatic carbocycles. The summed E-state index contributed by atoms with van der Waals surface area (Å²) in [5.74, 6) is -0.600. The molecule has 0 unspecified atom stereocenters. The lowest BCUT2D eigenvalue weighted by Gasteiger charge is -2.24. The number of anilines is 1. The zero-order valence-electron chi connectivity index (χ0n) is 16.0. The fourth-order valence-corrected chi connectivity index (χ4v) is 5.16. The van der Waals surface area contributed by atoms with Crippen LogP contribution in [0, 0.1) is 0 Å². The van der Waals surface area contributed by atoms with Crippen molar-refractivity contribution in [3.8, 4) is 0 Å². The van der Waals surface area contributed by atoms with E-state index in [0.717, 1.165) is 63.4 Å². The highest BCUT2D eigenvalue weighted by Gasteiger charge is 2.27. The average molecular weight is 393 g/mol. The largest absolute Gasteiger partial charge is 0.465 e. The first-order valence-corrected chi connectivity index (χ1v) is 10.7. The molecule has 1 saturated heterocycles. The summed E-state index contributed by atoms with van der Waals surface area (Å²) in [5, 5.41) is 3.46. The maximum Gasteiger partial charge on any atom is 0.341 e. The molecule has 6 nitrogen and oxygen atoms in total. The molecule has 1 N–H and O–H groups in total. The van der Waals surface area contributed by atoms with E-state index in [9.17, 15) is 14.4 Å². The highest BCUT2D eigenvalue weighted by molar-refractivity contribution is 7.17. The third-order valence-electron chi connectivity index (χ3n) is 5.32. The molecule has 148 valence electrons. The summed E-state index contributed by atoms with van der Waals surface area (Å²) in [4.78, 5) is 40.0. The van der Waals surface area contributed by atoms with Gasteiger partial charge >= 0.3 is 5.97 Å². The average Bonchev–Trinajstić information content (AvgIpc) is 2.81. The van der Waals surface area contributed by atoms with Gasteiger partial charge in [0.1, 0.15) is 5.00 Å². The van der Waals surface area contributed by atoms with E-state index >= 15 is 0 Å². The van der Waals surface area contributed by atoms with Gasteiger partial charge in [0.25, 0.3) is 0 Å². The fourth-order valence-electron chi connectivity index (χ4n) is 3.87. The Morgan fingerprint density at radius 1 is 1.04 bits per heavy atom. The lowest BCUT2D eigenvalue weighted by Crippen LogP contribution is -2.39. The molecule has 1 aromatic heterocycles. The Labute approximate surface area is 164 Å². The van der Waals surface area contributed by atoms with Crippen molar-refractivity contribution in [2.24, 2.45) is 0 Å². The predicted octanol–water partition coefficient (Wildman–Crippen LogP) is 3.53. The maximum atomic E-state index is 12.6. The van der Waals surface area contributed by atoms with E-state index in [1.54, 1.807) is 4.90 Å². The Kier molecular flexibility index (Phi) is 6.88. The lowest BCUT2D eigenvalue weighted by atomic mass is 10.1. The van der Waals surface area contributed by atoms with E-state index < -0.39 is 5.97 Å². The van der Waals surface area contributed by atoms with E-state index in [-0.39, 0.29) is 18.4 Å². The standard InChI is InChI=1S/C20H28N2O4S/c1-26-20(25)18-14-9-5-4-6-10-15(14)27-19(18)21-16(23)13-22-12-8-3-2-7-11-17(22)24/h2-13H2,1H3,(H,21,23). The highest BCUT2D eigenvalue weighted by Crippen LogP contribution is 2.37. The van der Waals surface area contributed by atoms with Crippen LogP contribution in [0.1, 0.15) is 72.2 Å². The number of amides is 2. The summed E-state index contributed by atoms with van der Waals surface area (Å²) in [6, 6.07) is 0. The molecule has 7 heteroatoms. The van der Waals surface area contributed by atoms with Crippen LogP contribution in [0.3, 0.4) is 0 Å². The van der Waals surface area contributed by atoms with Gasteiger partial charge in [-0.2, -0.15) is 0 Å². The molecular weight excluding hydrogens is 364 g/mol. The molecule has 0 radical (unpaired) electrons. The van der Waals surface area contributed by atoms with E-state index in [4.69, 9.17) is 4.74 Å². The number of fused-ring (bicyclic) bond motifs is 1. The van der Waals surface area contributed by atoms with Crippen LogP contribution in [-0.2, 0) is 27.2 Å². The van der Waals surface area contributed by atoms with E-state index in [0.29, 0.717) is 23.5 Å². The molecule has 2 aliphatic rings. The lowest BCUT2D eigenvalue weighted by molar-refractivity contribution is -0.135. The highest BCUT2D eigenvalue weighted by atomic mass is 32.1. The number of ether oxygens (including phenoxy) is 1. The topological polar surface area (TPSA) is 75.7 Å². The number of nitrogens with zero attached hydrogens (tertiary/aromatic N) is 1. The first-order chi connectivity index (χ1) is 13.1. The Balaban J connectivity index is 1.75. The molecule has 3 rings (SSSR count). The third kappa shape index (κ3) is 4.89. The predicted molar refractivity (Wildman–Crippen MR) is 105 cm³/mol. The van der Waals surface area contributed by atoms with Crippen molar-refractivity contribution in [1.82, 2.24) is 4.90 Å². The monoisotopic (exact) mass is 392 g/mol. The maximum absolute atomic E-state index is 12.6.